The average molecular weight is 245 g/mol. The van der Waals surface area contributed by atoms with Gasteiger partial charge in [-0.1, -0.05) is 18.9 Å². The monoisotopic (exact) mass is 245 g/mol. The lowest BCUT2D eigenvalue weighted by molar-refractivity contribution is -0.0378. The summed E-state index contributed by atoms with van der Waals surface area (Å²) in [7, 11) is 0. The van der Waals surface area contributed by atoms with Gasteiger partial charge in [0.25, 0.3) is 0 Å². The first-order valence-corrected chi connectivity index (χ1v) is 7.28. The molecule has 0 radical (unpaired) electrons. The predicted molar refractivity (Wildman–Crippen MR) is 72.2 cm³/mol. The van der Waals surface area contributed by atoms with Gasteiger partial charge in [0.2, 0.25) is 0 Å². The number of pyridine rings is 1. The minimum Gasteiger partial charge on any atom is -0.385 e. The highest BCUT2D eigenvalue weighted by Crippen LogP contribution is 2.53. The summed E-state index contributed by atoms with van der Waals surface area (Å²) < 4.78 is 0. The second-order valence-electron chi connectivity index (χ2n) is 6.43. The summed E-state index contributed by atoms with van der Waals surface area (Å²) in [6.07, 6.45) is 11.6. The first-order valence-electron chi connectivity index (χ1n) is 7.28. The Morgan fingerprint density at radius 2 is 1.67 bits per heavy atom. The van der Waals surface area contributed by atoms with Crippen molar-refractivity contribution in [2.24, 2.45) is 5.41 Å². The molecule has 18 heavy (non-hydrogen) atoms. The predicted octanol–water partition coefficient (Wildman–Crippen LogP) is 3.71. The Bertz CT molecular complexity index is 407. The maximum atomic E-state index is 10.8. The van der Waals surface area contributed by atoms with Crippen LogP contribution in [0.2, 0.25) is 0 Å². The van der Waals surface area contributed by atoms with E-state index in [0.717, 1.165) is 24.1 Å². The normalized spacial score (nSPS) is 25.4. The number of hydrogen-bond acceptors (Lipinski definition) is 2. The highest BCUT2D eigenvalue weighted by molar-refractivity contribution is 5.21. The van der Waals surface area contributed by atoms with Crippen molar-refractivity contribution >= 4 is 0 Å². The van der Waals surface area contributed by atoms with Crippen LogP contribution in [0.5, 0.6) is 0 Å². The zero-order valence-electron chi connectivity index (χ0n) is 11.3. The van der Waals surface area contributed by atoms with Crippen molar-refractivity contribution in [2.45, 2.75) is 63.9 Å². The topological polar surface area (TPSA) is 33.1 Å². The Morgan fingerprint density at radius 3 is 2.22 bits per heavy atom. The quantitative estimate of drug-likeness (QED) is 0.818. The van der Waals surface area contributed by atoms with Gasteiger partial charge in [0.1, 0.15) is 0 Å². The highest BCUT2D eigenvalue weighted by atomic mass is 16.3. The Morgan fingerprint density at radius 1 is 1.00 bits per heavy atom. The third-order valence-corrected chi connectivity index (χ3v) is 5.25. The molecule has 2 heteroatoms. The van der Waals surface area contributed by atoms with Crippen molar-refractivity contribution in [1.82, 2.24) is 4.98 Å². The van der Waals surface area contributed by atoms with E-state index in [1.165, 1.54) is 38.5 Å². The van der Waals surface area contributed by atoms with Crippen LogP contribution in [0.1, 0.15) is 62.6 Å². The number of aromatic nitrogens is 1. The molecule has 0 bridgehead atoms. The van der Waals surface area contributed by atoms with Crippen LogP contribution in [-0.4, -0.2) is 10.1 Å². The highest BCUT2D eigenvalue weighted by Gasteiger charge is 2.43. The van der Waals surface area contributed by atoms with E-state index in [2.05, 4.69) is 11.1 Å². The molecule has 98 valence electrons. The van der Waals surface area contributed by atoms with E-state index in [-0.39, 0.29) is 0 Å². The summed E-state index contributed by atoms with van der Waals surface area (Å²) in [6, 6.07) is 4.06. The maximum Gasteiger partial charge on any atom is 0.0911 e. The van der Waals surface area contributed by atoms with Gasteiger partial charge in [0.05, 0.1) is 5.60 Å². The molecule has 0 unspecified atom stereocenters. The third kappa shape index (κ3) is 2.07. The fourth-order valence-corrected chi connectivity index (χ4v) is 3.85. The molecule has 1 aromatic rings. The molecule has 0 atom stereocenters. The molecule has 2 fully saturated rings. The summed E-state index contributed by atoms with van der Waals surface area (Å²) in [5, 5.41) is 10.8. The lowest BCUT2D eigenvalue weighted by Crippen LogP contribution is -2.36. The van der Waals surface area contributed by atoms with Crippen molar-refractivity contribution in [3.8, 4) is 0 Å². The molecule has 1 spiro atoms. The molecular formula is C16H23NO. The van der Waals surface area contributed by atoms with Gasteiger partial charge in [-0.15, -0.1) is 0 Å². The van der Waals surface area contributed by atoms with Gasteiger partial charge in [-0.05, 0) is 56.9 Å². The van der Waals surface area contributed by atoms with Gasteiger partial charge in [0, 0.05) is 17.5 Å². The molecular weight excluding hydrogens is 222 g/mol. The SMILES string of the molecule is Cc1ccc(C2(O)CCC3(CCCC3)CC2)cn1. The molecule has 2 saturated carbocycles. The van der Waals surface area contributed by atoms with E-state index in [9.17, 15) is 5.11 Å². The molecule has 0 aromatic carbocycles. The summed E-state index contributed by atoms with van der Waals surface area (Å²) in [6.45, 7) is 1.99. The molecule has 1 aromatic heterocycles. The van der Waals surface area contributed by atoms with Crippen molar-refractivity contribution in [3.05, 3.63) is 29.6 Å². The molecule has 2 aliphatic carbocycles. The first kappa shape index (κ1) is 12.2. The summed E-state index contributed by atoms with van der Waals surface area (Å²) in [5.41, 5.74) is 1.99. The van der Waals surface area contributed by atoms with E-state index < -0.39 is 5.60 Å². The zero-order chi connectivity index (χ0) is 12.6. The van der Waals surface area contributed by atoms with Gasteiger partial charge in [-0.25, -0.2) is 0 Å². The Hall–Kier alpha value is -0.890. The Labute approximate surface area is 109 Å². The van der Waals surface area contributed by atoms with Gasteiger partial charge in [-0.3, -0.25) is 4.98 Å². The lowest BCUT2D eigenvalue weighted by atomic mass is 9.66. The first-order chi connectivity index (χ1) is 8.62. The number of rotatable bonds is 1. The molecule has 0 saturated heterocycles. The third-order valence-electron chi connectivity index (χ3n) is 5.25. The van der Waals surface area contributed by atoms with E-state index in [1.807, 2.05) is 19.2 Å². The standard InChI is InChI=1S/C16H23NO/c1-13-4-5-14(12-17-13)16(18)10-8-15(9-11-16)6-2-3-7-15/h4-5,12,18H,2-3,6-11H2,1H3. The van der Waals surface area contributed by atoms with Crippen LogP contribution in [0.15, 0.2) is 18.3 Å². The molecule has 1 heterocycles. The maximum absolute atomic E-state index is 10.8. The van der Waals surface area contributed by atoms with Gasteiger partial charge in [-0.2, -0.15) is 0 Å². The Balaban J connectivity index is 1.75. The number of nitrogens with zero attached hydrogens (tertiary/aromatic N) is 1. The van der Waals surface area contributed by atoms with Crippen LogP contribution in [0.4, 0.5) is 0 Å². The van der Waals surface area contributed by atoms with Crippen molar-refractivity contribution < 1.29 is 5.11 Å². The fourth-order valence-electron chi connectivity index (χ4n) is 3.85. The van der Waals surface area contributed by atoms with Crippen LogP contribution in [0, 0.1) is 12.3 Å². The smallest absolute Gasteiger partial charge is 0.0911 e. The van der Waals surface area contributed by atoms with Gasteiger partial charge < -0.3 is 5.11 Å². The van der Waals surface area contributed by atoms with Gasteiger partial charge in [0.15, 0.2) is 0 Å². The van der Waals surface area contributed by atoms with E-state index in [0.29, 0.717) is 5.41 Å². The number of hydrogen-bond donors (Lipinski definition) is 1. The van der Waals surface area contributed by atoms with Crippen LogP contribution >= 0.6 is 0 Å². The summed E-state index contributed by atoms with van der Waals surface area (Å²) >= 11 is 0. The zero-order valence-corrected chi connectivity index (χ0v) is 11.3. The van der Waals surface area contributed by atoms with Crippen molar-refractivity contribution in [1.29, 1.82) is 0 Å². The Kier molecular flexibility index (Phi) is 2.93. The summed E-state index contributed by atoms with van der Waals surface area (Å²) in [4.78, 5) is 4.33. The average Bonchev–Trinajstić information content (AvgIpc) is 2.83. The van der Waals surface area contributed by atoms with Crippen LogP contribution in [0.25, 0.3) is 0 Å². The van der Waals surface area contributed by atoms with Crippen LogP contribution < -0.4 is 0 Å². The summed E-state index contributed by atoms with van der Waals surface area (Å²) in [5.74, 6) is 0. The number of aryl methyl sites for hydroxylation is 1. The lowest BCUT2D eigenvalue weighted by Gasteiger charge is -2.42. The minimum atomic E-state index is -0.617. The van der Waals surface area contributed by atoms with E-state index >= 15 is 0 Å². The molecule has 0 amide bonds. The van der Waals surface area contributed by atoms with Gasteiger partial charge >= 0.3 is 0 Å². The van der Waals surface area contributed by atoms with Crippen molar-refractivity contribution in [3.63, 3.8) is 0 Å². The number of aliphatic hydroxyl groups is 1. The van der Waals surface area contributed by atoms with Crippen molar-refractivity contribution in [2.75, 3.05) is 0 Å². The van der Waals surface area contributed by atoms with Crippen LogP contribution in [-0.2, 0) is 5.60 Å². The molecule has 0 aliphatic heterocycles. The molecule has 3 rings (SSSR count). The van der Waals surface area contributed by atoms with Crippen LogP contribution in [0.3, 0.4) is 0 Å². The fraction of sp³-hybridized carbons (Fsp3) is 0.688. The van der Waals surface area contributed by atoms with E-state index in [4.69, 9.17) is 0 Å². The van der Waals surface area contributed by atoms with E-state index in [1.54, 1.807) is 0 Å². The molecule has 2 nitrogen and oxygen atoms in total. The second-order valence-corrected chi connectivity index (χ2v) is 6.43. The molecule has 2 aliphatic rings. The second kappa shape index (κ2) is 4.34. The largest absolute Gasteiger partial charge is 0.385 e. The molecule has 1 N–H and O–H groups in total. The minimum absolute atomic E-state index is 0.574.